The number of hydrogen-bond donors (Lipinski definition) is 0. The Labute approximate surface area is 113 Å². The molecule has 2 amide bonds. The van der Waals surface area contributed by atoms with E-state index in [4.69, 9.17) is 0 Å². The summed E-state index contributed by atoms with van der Waals surface area (Å²) in [4.78, 5) is 25.4. The molecule has 1 heterocycles. The number of thioether (sulfide) groups is 1. The SMILES string of the molecule is O=C1SC2(CC=CC2)C(=O)N1C/C=C/CCBr. The lowest BCUT2D eigenvalue weighted by Gasteiger charge is -2.18. The number of carbonyl (C=O) groups is 2. The molecule has 3 nitrogen and oxygen atoms in total. The number of nitrogens with zero attached hydrogens (tertiary/aromatic N) is 1. The third-order valence-electron chi connectivity index (χ3n) is 2.93. The van der Waals surface area contributed by atoms with E-state index in [0.717, 1.165) is 11.8 Å². The molecule has 17 heavy (non-hydrogen) atoms. The van der Waals surface area contributed by atoms with E-state index in [1.165, 1.54) is 16.7 Å². The quantitative estimate of drug-likeness (QED) is 0.591. The number of alkyl halides is 1. The van der Waals surface area contributed by atoms with E-state index < -0.39 is 4.75 Å². The third kappa shape index (κ3) is 2.50. The third-order valence-corrected chi connectivity index (χ3v) is 4.68. The highest BCUT2D eigenvalue weighted by Gasteiger charge is 2.52. The Morgan fingerprint density at radius 1 is 1.35 bits per heavy atom. The van der Waals surface area contributed by atoms with Gasteiger partial charge in [0.05, 0.1) is 0 Å². The first-order chi connectivity index (χ1) is 8.19. The first kappa shape index (κ1) is 12.9. The molecule has 0 aromatic carbocycles. The van der Waals surface area contributed by atoms with Gasteiger partial charge in [-0.15, -0.1) is 0 Å². The number of amides is 2. The van der Waals surface area contributed by atoms with E-state index in [0.29, 0.717) is 19.4 Å². The maximum absolute atomic E-state index is 12.2. The number of hydrogen-bond acceptors (Lipinski definition) is 3. The van der Waals surface area contributed by atoms with E-state index in [2.05, 4.69) is 15.9 Å². The van der Waals surface area contributed by atoms with Gasteiger partial charge in [-0.05, 0) is 31.0 Å². The van der Waals surface area contributed by atoms with Gasteiger partial charge in [-0.1, -0.05) is 40.2 Å². The fourth-order valence-electron chi connectivity index (χ4n) is 2.00. The molecule has 1 fully saturated rings. The number of allylic oxidation sites excluding steroid dienone is 3. The van der Waals surface area contributed by atoms with Crippen LogP contribution in [0.15, 0.2) is 24.3 Å². The van der Waals surface area contributed by atoms with Crippen molar-refractivity contribution in [3.63, 3.8) is 0 Å². The van der Waals surface area contributed by atoms with Crippen molar-refractivity contribution < 1.29 is 9.59 Å². The summed E-state index contributed by atoms with van der Waals surface area (Å²) < 4.78 is -0.514. The van der Waals surface area contributed by atoms with Gasteiger partial charge >= 0.3 is 0 Å². The molecular weight excluding hydrogens is 302 g/mol. The second-order valence-corrected chi connectivity index (χ2v) is 6.23. The molecule has 0 aromatic rings. The lowest BCUT2D eigenvalue weighted by molar-refractivity contribution is -0.128. The van der Waals surface area contributed by atoms with Crippen molar-refractivity contribution in [1.82, 2.24) is 4.90 Å². The molecule has 0 bridgehead atoms. The highest BCUT2D eigenvalue weighted by Crippen LogP contribution is 2.45. The van der Waals surface area contributed by atoms with Crippen LogP contribution in [0.3, 0.4) is 0 Å². The number of rotatable bonds is 4. The minimum Gasteiger partial charge on any atom is -0.273 e. The van der Waals surface area contributed by atoms with Crippen LogP contribution in [0.1, 0.15) is 19.3 Å². The Balaban J connectivity index is 1.99. The molecular formula is C12H14BrNO2S. The maximum Gasteiger partial charge on any atom is 0.289 e. The van der Waals surface area contributed by atoms with Crippen LogP contribution in [0, 0.1) is 0 Å². The van der Waals surface area contributed by atoms with Crippen LogP contribution in [0.5, 0.6) is 0 Å². The molecule has 1 spiro atoms. The lowest BCUT2D eigenvalue weighted by atomic mass is 10.1. The smallest absolute Gasteiger partial charge is 0.273 e. The lowest BCUT2D eigenvalue weighted by Crippen LogP contribution is -2.37. The summed E-state index contributed by atoms with van der Waals surface area (Å²) in [7, 11) is 0. The Morgan fingerprint density at radius 3 is 2.71 bits per heavy atom. The van der Waals surface area contributed by atoms with Gasteiger partial charge in [-0.2, -0.15) is 0 Å². The number of imide groups is 1. The van der Waals surface area contributed by atoms with Crippen LogP contribution < -0.4 is 0 Å². The molecule has 2 aliphatic rings. The minimum absolute atomic E-state index is 0.0269. The van der Waals surface area contributed by atoms with Gasteiger partial charge in [0.15, 0.2) is 0 Å². The molecule has 0 N–H and O–H groups in total. The van der Waals surface area contributed by atoms with Crippen LogP contribution in [0.25, 0.3) is 0 Å². The Morgan fingerprint density at radius 2 is 2.06 bits per heavy atom. The largest absolute Gasteiger partial charge is 0.289 e. The van der Waals surface area contributed by atoms with E-state index in [9.17, 15) is 9.59 Å². The van der Waals surface area contributed by atoms with Crippen molar-refractivity contribution in [3.8, 4) is 0 Å². The normalized spacial score (nSPS) is 22.5. The first-order valence-corrected chi connectivity index (χ1v) is 7.54. The molecule has 0 atom stereocenters. The summed E-state index contributed by atoms with van der Waals surface area (Å²) in [5.74, 6) is -0.0269. The van der Waals surface area contributed by atoms with Gasteiger partial charge in [0.25, 0.3) is 5.24 Å². The topological polar surface area (TPSA) is 37.4 Å². The standard InChI is InChI=1S/C12H14BrNO2S/c13-8-4-1-5-9-14-10(15)12(17-11(14)16)6-2-3-7-12/h1-3,5H,4,6-9H2/b5-1+. The second kappa shape index (κ2) is 5.40. The molecule has 0 aromatic heterocycles. The van der Waals surface area contributed by atoms with Crippen LogP contribution in [-0.4, -0.2) is 32.7 Å². The summed E-state index contributed by atoms with van der Waals surface area (Å²) in [5, 5.41) is 0.788. The zero-order valence-electron chi connectivity index (χ0n) is 9.39. The minimum atomic E-state index is -0.514. The van der Waals surface area contributed by atoms with Crippen molar-refractivity contribution in [3.05, 3.63) is 24.3 Å². The van der Waals surface area contributed by atoms with Crippen molar-refractivity contribution in [1.29, 1.82) is 0 Å². The monoisotopic (exact) mass is 315 g/mol. The molecule has 0 saturated carbocycles. The summed E-state index contributed by atoms with van der Waals surface area (Å²) in [5.41, 5.74) is 0. The highest BCUT2D eigenvalue weighted by atomic mass is 79.9. The van der Waals surface area contributed by atoms with Gasteiger partial charge in [0.1, 0.15) is 4.75 Å². The van der Waals surface area contributed by atoms with Crippen LogP contribution >= 0.6 is 27.7 Å². The fraction of sp³-hybridized carbons (Fsp3) is 0.500. The van der Waals surface area contributed by atoms with Crippen molar-refractivity contribution in [2.24, 2.45) is 0 Å². The summed E-state index contributed by atoms with van der Waals surface area (Å²) in [6, 6.07) is 0. The van der Waals surface area contributed by atoms with E-state index in [1.807, 2.05) is 24.3 Å². The maximum atomic E-state index is 12.2. The number of halogens is 1. The fourth-order valence-corrected chi connectivity index (χ4v) is 3.42. The zero-order chi connectivity index (χ0) is 12.3. The molecule has 2 rings (SSSR count). The predicted molar refractivity (Wildman–Crippen MR) is 73.4 cm³/mol. The Kier molecular flexibility index (Phi) is 4.09. The van der Waals surface area contributed by atoms with Gasteiger partial charge in [0.2, 0.25) is 5.91 Å². The van der Waals surface area contributed by atoms with Crippen LogP contribution in [-0.2, 0) is 4.79 Å². The second-order valence-electron chi connectivity index (χ2n) is 4.11. The van der Waals surface area contributed by atoms with Gasteiger partial charge in [-0.3, -0.25) is 14.5 Å². The summed E-state index contributed by atoms with van der Waals surface area (Å²) >= 11 is 4.51. The molecule has 0 radical (unpaired) electrons. The molecule has 1 aliphatic carbocycles. The van der Waals surface area contributed by atoms with Gasteiger partial charge in [-0.25, -0.2) is 0 Å². The molecule has 1 aliphatic heterocycles. The molecule has 5 heteroatoms. The van der Waals surface area contributed by atoms with E-state index in [1.54, 1.807) is 0 Å². The summed E-state index contributed by atoms with van der Waals surface area (Å²) in [6.45, 7) is 0.402. The van der Waals surface area contributed by atoms with Crippen LogP contribution in [0.2, 0.25) is 0 Å². The highest BCUT2D eigenvalue weighted by molar-refractivity contribution is 9.09. The molecule has 1 saturated heterocycles. The van der Waals surface area contributed by atoms with E-state index in [-0.39, 0.29) is 11.1 Å². The van der Waals surface area contributed by atoms with Crippen molar-refractivity contribution >= 4 is 38.8 Å². The molecule has 92 valence electrons. The summed E-state index contributed by atoms with van der Waals surface area (Å²) in [6.07, 6.45) is 10.1. The Bertz CT molecular complexity index is 384. The first-order valence-electron chi connectivity index (χ1n) is 5.60. The van der Waals surface area contributed by atoms with Gasteiger partial charge < -0.3 is 0 Å². The zero-order valence-corrected chi connectivity index (χ0v) is 11.8. The average Bonchev–Trinajstić information content (AvgIpc) is 2.85. The van der Waals surface area contributed by atoms with Crippen LogP contribution in [0.4, 0.5) is 4.79 Å². The average molecular weight is 316 g/mol. The number of carbonyl (C=O) groups excluding carboxylic acids is 2. The van der Waals surface area contributed by atoms with E-state index >= 15 is 0 Å². The van der Waals surface area contributed by atoms with Crippen molar-refractivity contribution in [2.75, 3.05) is 11.9 Å². The van der Waals surface area contributed by atoms with Gasteiger partial charge in [0, 0.05) is 11.9 Å². The van der Waals surface area contributed by atoms with Crippen molar-refractivity contribution in [2.45, 2.75) is 24.0 Å². The predicted octanol–water partition coefficient (Wildman–Crippen LogP) is 3.11. The Hall–Kier alpha value is -0.550. The molecule has 0 unspecified atom stereocenters.